The molecule has 0 bridgehead atoms. The number of rotatable bonds is 5. The molecule has 0 unspecified atom stereocenters. The zero-order valence-electron chi connectivity index (χ0n) is 17.8. The highest BCUT2D eigenvalue weighted by Gasteiger charge is 2.27. The Morgan fingerprint density at radius 1 is 1.00 bits per heavy atom. The van der Waals surface area contributed by atoms with Crippen LogP contribution in [0, 0.1) is 5.92 Å². The number of aliphatic hydroxyl groups is 1. The Hall–Kier alpha value is -3.51. The lowest BCUT2D eigenvalue weighted by Crippen LogP contribution is -2.17. The van der Waals surface area contributed by atoms with E-state index in [1.165, 1.54) is 0 Å². The number of imidazole rings is 1. The number of carbonyl (C=O) groups is 1. The summed E-state index contributed by atoms with van der Waals surface area (Å²) < 4.78 is 2.06. The van der Waals surface area contributed by atoms with Crippen LogP contribution in [0.1, 0.15) is 53.3 Å². The van der Waals surface area contributed by atoms with Crippen LogP contribution in [0.2, 0.25) is 0 Å². The van der Waals surface area contributed by atoms with Gasteiger partial charge in [-0.05, 0) is 31.6 Å². The normalized spacial score (nSPS) is 18.7. The van der Waals surface area contributed by atoms with Gasteiger partial charge in [0.25, 0.3) is 0 Å². The molecule has 0 amide bonds. The van der Waals surface area contributed by atoms with Gasteiger partial charge in [0.1, 0.15) is 22.9 Å². The van der Waals surface area contributed by atoms with Crippen LogP contribution in [0.4, 0.5) is 5.82 Å². The fourth-order valence-corrected chi connectivity index (χ4v) is 4.72. The first-order valence-electron chi connectivity index (χ1n) is 11.1. The van der Waals surface area contributed by atoms with E-state index in [0.29, 0.717) is 28.8 Å². The van der Waals surface area contributed by atoms with Crippen LogP contribution in [0.3, 0.4) is 0 Å². The molecular formula is C26H26N4O2. The first kappa shape index (κ1) is 20.4. The third-order valence-corrected chi connectivity index (χ3v) is 6.54. The third-order valence-electron chi connectivity index (χ3n) is 6.54. The molecule has 1 aliphatic rings. The van der Waals surface area contributed by atoms with E-state index in [2.05, 4.69) is 9.38 Å². The van der Waals surface area contributed by atoms with Crippen molar-refractivity contribution in [3.63, 3.8) is 0 Å². The SMILES string of the molecule is Nc1nccn2c(C3CCC(CO)CC3)nc(-c3ccc(C(=O)c4ccccc4)cc3)c12. The molecule has 0 radical (unpaired) electrons. The summed E-state index contributed by atoms with van der Waals surface area (Å²) in [6.07, 6.45) is 7.62. The molecule has 2 aromatic heterocycles. The molecule has 2 aromatic carbocycles. The highest BCUT2D eigenvalue weighted by molar-refractivity contribution is 6.09. The molecule has 0 aliphatic heterocycles. The minimum atomic E-state index is -0.00522. The first-order valence-corrected chi connectivity index (χ1v) is 11.1. The lowest BCUT2D eigenvalue weighted by Gasteiger charge is -2.26. The number of nitrogens with two attached hydrogens (primary N) is 1. The Balaban J connectivity index is 1.51. The molecule has 3 N–H and O–H groups in total. The van der Waals surface area contributed by atoms with E-state index < -0.39 is 0 Å². The second kappa shape index (κ2) is 8.55. The van der Waals surface area contributed by atoms with Crippen LogP contribution in [0.25, 0.3) is 16.8 Å². The van der Waals surface area contributed by atoms with Gasteiger partial charge in [-0.1, -0.05) is 54.6 Å². The van der Waals surface area contributed by atoms with Gasteiger partial charge >= 0.3 is 0 Å². The van der Waals surface area contributed by atoms with Crippen molar-refractivity contribution >= 4 is 17.1 Å². The third kappa shape index (κ3) is 3.67. The summed E-state index contributed by atoms with van der Waals surface area (Å²) in [6.45, 7) is 0.255. The summed E-state index contributed by atoms with van der Waals surface area (Å²) in [5.41, 5.74) is 10.1. The molecule has 5 rings (SSSR count). The number of fused-ring (bicyclic) bond motifs is 1. The van der Waals surface area contributed by atoms with Gasteiger partial charge in [0.15, 0.2) is 5.78 Å². The van der Waals surface area contributed by atoms with Crippen molar-refractivity contribution in [1.82, 2.24) is 14.4 Å². The predicted molar refractivity (Wildman–Crippen MR) is 124 cm³/mol. The molecule has 0 saturated heterocycles. The van der Waals surface area contributed by atoms with E-state index in [1.807, 2.05) is 60.8 Å². The lowest BCUT2D eigenvalue weighted by molar-refractivity contribution is 0.103. The number of hydrogen-bond donors (Lipinski definition) is 2. The number of anilines is 1. The molecule has 4 aromatic rings. The fourth-order valence-electron chi connectivity index (χ4n) is 4.72. The van der Waals surface area contributed by atoms with Crippen molar-refractivity contribution in [2.45, 2.75) is 31.6 Å². The summed E-state index contributed by atoms with van der Waals surface area (Å²) in [4.78, 5) is 22.1. The van der Waals surface area contributed by atoms with Crippen LogP contribution >= 0.6 is 0 Å². The summed E-state index contributed by atoms with van der Waals surface area (Å²) >= 11 is 0. The number of aromatic nitrogens is 3. The van der Waals surface area contributed by atoms with Crippen LogP contribution in [-0.4, -0.2) is 31.9 Å². The molecule has 1 aliphatic carbocycles. The average Bonchev–Trinajstić information content (AvgIpc) is 3.25. The van der Waals surface area contributed by atoms with Gasteiger partial charge in [-0.3, -0.25) is 9.20 Å². The number of nitrogen functional groups attached to an aromatic ring is 1. The van der Waals surface area contributed by atoms with Crippen molar-refractivity contribution in [3.05, 3.63) is 83.9 Å². The predicted octanol–water partition coefficient (Wildman–Crippen LogP) is 4.48. The Bertz CT molecular complexity index is 1240. The van der Waals surface area contributed by atoms with Crippen molar-refractivity contribution in [1.29, 1.82) is 0 Å². The summed E-state index contributed by atoms with van der Waals surface area (Å²) in [5, 5.41) is 9.47. The van der Waals surface area contributed by atoms with Gasteiger partial charge in [0.05, 0.1) is 0 Å². The number of aliphatic hydroxyl groups excluding tert-OH is 1. The maximum absolute atomic E-state index is 12.8. The van der Waals surface area contributed by atoms with Crippen molar-refractivity contribution in [3.8, 4) is 11.3 Å². The molecule has 1 saturated carbocycles. The fraction of sp³-hybridized carbons (Fsp3) is 0.269. The zero-order chi connectivity index (χ0) is 22.1. The van der Waals surface area contributed by atoms with E-state index in [1.54, 1.807) is 6.20 Å². The van der Waals surface area contributed by atoms with Gasteiger partial charge in [-0.25, -0.2) is 9.97 Å². The quantitative estimate of drug-likeness (QED) is 0.459. The second-order valence-electron chi connectivity index (χ2n) is 8.52. The van der Waals surface area contributed by atoms with Crippen molar-refractivity contribution in [2.24, 2.45) is 5.92 Å². The summed E-state index contributed by atoms with van der Waals surface area (Å²) in [7, 11) is 0. The Kier molecular flexibility index (Phi) is 5.45. The van der Waals surface area contributed by atoms with Crippen molar-refractivity contribution < 1.29 is 9.90 Å². The molecular weight excluding hydrogens is 400 g/mol. The second-order valence-corrected chi connectivity index (χ2v) is 8.52. The van der Waals surface area contributed by atoms with E-state index in [9.17, 15) is 9.90 Å². The molecule has 2 heterocycles. The van der Waals surface area contributed by atoms with Gasteiger partial charge in [-0.15, -0.1) is 0 Å². The van der Waals surface area contributed by atoms with E-state index >= 15 is 0 Å². The molecule has 6 nitrogen and oxygen atoms in total. The maximum atomic E-state index is 12.8. The van der Waals surface area contributed by atoms with Crippen LogP contribution in [0.5, 0.6) is 0 Å². The van der Waals surface area contributed by atoms with E-state index in [-0.39, 0.29) is 12.4 Å². The topological polar surface area (TPSA) is 93.5 Å². The van der Waals surface area contributed by atoms with E-state index in [0.717, 1.165) is 48.3 Å². The monoisotopic (exact) mass is 426 g/mol. The number of benzene rings is 2. The zero-order valence-corrected chi connectivity index (χ0v) is 17.8. The largest absolute Gasteiger partial charge is 0.396 e. The minimum Gasteiger partial charge on any atom is -0.396 e. The highest BCUT2D eigenvalue weighted by atomic mass is 16.3. The summed E-state index contributed by atoms with van der Waals surface area (Å²) in [6, 6.07) is 16.8. The smallest absolute Gasteiger partial charge is 0.193 e. The lowest BCUT2D eigenvalue weighted by atomic mass is 9.82. The molecule has 32 heavy (non-hydrogen) atoms. The number of ketones is 1. The molecule has 0 atom stereocenters. The number of hydrogen-bond acceptors (Lipinski definition) is 5. The van der Waals surface area contributed by atoms with E-state index in [4.69, 9.17) is 10.7 Å². The Morgan fingerprint density at radius 3 is 2.38 bits per heavy atom. The maximum Gasteiger partial charge on any atom is 0.193 e. The van der Waals surface area contributed by atoms with Gasteiger partial charge in [0, 0.05) is 41.6 Å². The van der Waals surface area contributed by atoms with Gasteiger partial charge in [-0.2, -0.15) is 0 Å². The summed E-state index contributed by atoms with van der Waals surface area (Å²) in [5.74, 6) is 2.13. The number of nitrogens with zero attached hydrogens (tertiary/aromatic N) is 3. The minimum absolute atomic E-state index is 0.00522. The highest BCUT2D eigenvalue weighted by Crippen LogP contribution is 2.38. The van der Waals surface area contributed by atoms with Gasteiger partial charge < -0.3 is 10.8 Å². The van der Waals surface area contributed by atoms with Crippen LogP contribution in [-0.2, 0) is 0 Å². The van der Waals surface area contributed by atoms with Crippen molar-refractivity contribution in [2.75, 3.05) is 12.3 Å². The number of carbonyl (C=O) groups excluding carboxylic acids is 1. The molecule has 0 spiro atoms. The Morgan fingerprint density at radius 2 is 1.69 bits per heavy atom. The van der Waals surface area contributed by atoms with Crippen LogP contribution < -0.4 is 5.73 Å². The molecule has 1 fully saturated rings. The average molecular weight is 427 g/mol. The molecule has 162 valence electrons. The van der Waals surface area contributed by atoms with Gasteiger partial charge in [0.2, 0.25) is 0 Å². The standard InChI is InChI=1S/C26H26N4O2/c27-25-23-22(18-10-12-20(13-11-18)24(32)19-4-2-1-3-5-19)29-26(30(23)15-14-28-25)21-8-6-17(16-31)7-9-21/h1-5,10-15,17,21,31H,6-9,16H2,(H2,27,28). The Labute approximate surface area is 186 Å². The van der Waals surface area contributed by atoms with Crippen LogP contribution in [0.15, 0.2) is 67.0 Å². The first-order chi connectivity index (χ1) is 15.7. The molecule has 6 heteroatoms.